The molecule has 8 heteroatoms. The summed E-state index contributed by atoms with van der Waals surface area (Å²) in [4.78, 5) is 4.22. The van der Waals surface area contributed by atoms with E-state index in [0.29, 0.717) is 18.1 Å². The first-order chi connectivity index (χ1) is 13.2. The van der Waals surface area contributed by atoms with Crippen LogP contribution in [0.4, 0.5) is 4.39 Å². The maximum atomic E-state index is 13.7. The van der Waals surface area contributed by atoms with Crippen LogP contribution in [-0.2, 0) is 24.3 Å². The van der Waals surface area contributed by atoms with Gasteiger partial charge in [-0.3, -0.25) is 4.99 Å². The van der Waals surface area contributed by atoms with Crippen molar-refractivity contribution in [2.75, 3.05) is 27.5 Å². The van der Waals surface area contributed by atoms with E-state index in [1.165, 1.54) is 6.07 Å². The molecule has 1 aliphatic rings. The van der Waals surface area contributed by atoms with Crippen molar-refractivity contribution in [3.8, 4) is 11.5 Å². The lowest BCUT2D eigenvalue weighted by molar-refractivity contribution is 0.174. The lowest BCUT2D eigenvalue weighted by Crippen LogP contribution is -2.37. The number of benzene rings is 2. The van der Waals surface area contributed by atoms with Crippen molar-refractivity contribution in [3.63, 3.8) is 0 Å². The Morgan fingerprint density at radius 3 is 2.68 bits per heavy atom. The molecule has 0 saturated heterocycles. The quantitative estimate of drug-likeness (QED) is 0.347. The smallest absolute Gasteiger partial charge is 0.231 e. The van der Waals surface area contributed by atoms with E-state index < -0.39 is 0 Å². The van der Waals surface area contributed by atoms with E-state index >= 15 is 0 Å². The highest BCUT2D eigenvalue weighted by Crippen LogP contribution is 2.32. The van der Waals surface area contributed by atoms with Crippen molar-refractivity contribution in [1.82, 2.24) is 10.6 Å². The van der Waals surface area contributed by atoms with Gasteiger partial charge in [0.25, 0.3) is 0 Å². The maximum absolute atomic E-state index is 13.7. The zero-order valence-corrected chi connectivity index (χ0v) is 18.3. The molecular weight excluding hydrogens is 476 g/mol. The first-order valence-corrected chi connectivity index (χ1v) is 8.79. The average Bonchev–Trinajstić information content (AvgIpc) is 3.15. The fraction of sp³-hybridized carbons (Fsp3) is 0.350. The first kappa shape index (κ1) is 22.2. The van der Waals surface area contributed by atoms with Gasteiger partial charge >= 0.3 is 0 Å². The third-order valence-electron chi connectivity index (χ3n) is 4.24. The second kappa shape index (κ2) is 11.1. The molecule has 0 spiro atoms. The number of nitrogens with zero attached hydrogens (tertiary/aromatic N) is 1. The Labute approximate surface area is 181 Å². The maximum Gasteiger partial charge on any atom is 0.231 e. The van der Waals surface area contributed by atoms with Crippen molar-refractivity contribution in [2.24, 2.45) is 4.99 Å². The molecule has 2 aromatic carbocycles. The minimum absolute atomic E-state index is 0. The predicted molar refractivity (Wildman–Crippen MR) is 117 cm³/mol. The Morgan fingerprint density at radius 1 is 1.11 bits per heavy atom. The van der Waals surface area contributed by atoms with Gasteiger partial charge in [0, 0.05) is 32.8 Å². The van der Waals surface area contributed by atoms with E-state index in [9.17, 15) is 4.39 Å². The van der Waals surface area contributed by atoms with Crippen LogP contribution in [0.1, 0.15) is 16.7 Å². The topological polar surface area (TPSA) is 64.1 Å². The number of guanidine groups is 1. The van der Waals surface area contributed by atoms with Crippen LogP contribution >= 0.6 is 24.0 Å². The predicted octanol–water partition coefficient (Wildman–Crippen LogP) is 3.23. The highest BCUT2D eigenvalue weighted by atomic mass is 127. The Hall–Kier alpha value is -2.07. The van der Waals surface area contributed by atoms with Crippen LogP contribution < -0.4 is 20.1 Å². The number of nitrogens with one attached hydrogen (secondary N) is 2. The summed E-state index contributed by atoms with van der Waals surface area (Å²) in [6.45, 7) is 1.80. The molecule has 3 rings (SSSR count). The Morgan fingerprint density at radius 2 is 1.89 bits per heavy atom. The highest BCUT2D eigenvalue weighted by Gasteiger charge is 2.13. The fourth-order valence-corrected chi connectivity index (χ4v) is 2.83. The summed E-state index contributed by atoms with van der Waals surface area (Å²) in [5, 5.41) is 6.51. The van der Waals surface area contributed by atoms with E-state index in [1.54, 1.807) is 26.3 Å². The summed E-state index contributed by atoms with van der Waals surface area (Å²) >= 11 is 0. The molecular formula is C20H25FIN3O3. The summed E-state index contributed by atoms with van der Waals surface area (Å²) in [5.74, 6) is 2.01. The Kier molecular flexibility index (Phi) is 8.78. The van der Waals surface area contributed by atoms with Crippen LogP contribution in [0.2, 0.25) is 0 Å². The zero-order chi connectivity index (χ0) is 19.1. The minimum atomic E-state index is -0.258. The fourth-order valence-electron chi connectivity index (χ4n) is 2.83. The lowest BCUT2D eigenvalue weighted by Gasteiger charge is -2.13. The molecule has 0 amide bonds. The molecule has 1 heterocycles. The van der Waals surface area contributed by atoms with Crippen LogP contribution in [0, 0.1) is 5.82 Å². The summed E-state index contributed by atoms with van der Waals surface area (Å²) in [6.07, 6.45) is 0.825. The summed E-state index contributed by atoms with van der Waals surface area (Å²) in [6, 6.07) is 11.0. The van der Waals surface area contributed by atoms with Gasteiger partial charge in [0.2, 0.25) is 6.79 Å². The van der Waals surface area contributed by atoms with Crippen molar-refractivity contribution in [1.29, 1.82) is 0 Å². The largest absolute Gasteiger partial charge is 0.454 e. The van der Waals surface area contributed by atoms with Crippen molar-refractivity contribution >= 4 is 29.9 Å². The van der Waals surface area contributed by atoms with Crippen molar-refractivity contribution in [3.05, 3.63) is 58.9 Å². The number of halogens is 2. The number of ether oxygens (including phenoxy) is 3. The number of hydrogen-bond donors (Lipinski definition) is 2. The second-order valence-corrected chi connectivity index (χ2v) is 6.15. The number of fused-ring (bicyclic) bond motifs is 1. The Bertz CT molecular complexity index is 817. The van der Waals surface area contributed by atoms with Crippen LogP contribution in [0.5, 0.6) is 11.5 Å². The van der Waals surface area contributed by atoms with Gasteiger partial charge in [-0.1, -0.05) is 12.1 Å². The van der Waals surface area contributed by atoms with E-state index in [2.05, 4.69) is 15.6 Å². The van der Waals surface area contributed by atoms with Crippen molar-refractivity contribution in [2.45, 2.75) is 19.6 Å². The summed E-state index contributed by atoms with van der Waals surface area (Å²) in [7, 11) is 3.27. The molecule has 2 N–H and O–H groups in total. The molecule has 0 aliphatic carbocycles. The Balaban J connectivity index is 0.00000280. The third kappa shape index (κ3) is 5.96. The molecule has 0 saturated carbocycles. The molecule has 0 fully saturated rings. The molecule has 152 valence electrons. The van der Waals surface area contributed by atoms with Gasteiger partial charge in [0.15, 0.2) is 17.5 Å². The van der Waals surface area contributed by atoms with Gasteiger partial charge in [-0.2, -0.15) is 0 Å². The average molecular weight is 501 g/mol. The SMILES string of the molecule is CN=C(NCCc1ccc2c(c1)OCO2)NCc1ccc(F)c(COC)c1.I. The van der Waals surface area contributed by atoms with Gasteiger partial charge in [0.05, 0.1) is 6.61 Å². The van der Waals surface area contributed by atoms with Crippen LogP contribution in [0.25, 0.3) is 0 Å². The monoisotopic (exact) mass is 501 g/mol. The molecule has 0 unspecified atom stereocenters. The van der Waals surface area contributed by atoms with Crippen LogP contribution in [0.15, 0.2) is 41.4 Å². The van der Waals surface area contributed by atoms with Gasteiger partial charge < -0.3 is 24.8 Å². The summed E-state index contributed by atoms with van der Waals surface area (Å²) < 4.78 is 29.4. The van der Waals surface area contributed by atoms with Gasteiger partial charge in [0.1, 0.15) is 5.82 Å². The number of rotatable bonds is 7. The van der Waals surface area contributed by atoms with E-state index in [0.717, 1.165) is 35.6 Å². The van der Waals surface area contributed by atoms with Crippen LogP contribution in [-0.4, -0.2) is 33.5 Å². The summed E-state index contributed by atoms with van der Waals surface area (Å²) in [5.41, 5.74) is 2.66. The normalized spacial score (nSPS) is 12.5. The molecule has 1 aliphatic heterocycles. The zero-order valence-electron chi connectivity index (χ0n) is 16.0. The second-order valence-electron chi connectivity index (χ2n) is 6.15. The number of hydrogen-bond acceptors (Lipinski definition) is 4. The molecule has 0 atom stereocenters. The molecule has 28 heavy (non-hydrogen) atoms. The van der Waals surface area contributed by atoms with Crippen LogP contribution in [0.3, 0.4) is 0 Å². The molecule has 0 bridgehead atoms. The van der Waals surface area contributed by atoms with Gasteiger partial charge in [-0.25, -0.2) is 4.39 Å². The van der Waals surface area contributed by atoms with E-state index in [-0.39, 0.29) is 43.2 Å². The van der Waals surface area contributed by atoms with Crippen molar-refractivity contribution < 1.29 is 18.6 Å². The lowest BCUT2D eigenvalue weighted by atomic mass is 10.1. The number of methoxy groups -OCH3 is 1. The third-order valence-corrected chi connectivity index (χ3v) is 4.24. The standard InChI is InChI=1S/C20H24FN3O3.HI/c1-22-20(24-11-15-3-5-17(21)16(9-15)12-25-2)23-8-7-14-4-6-18-19(10-14)27-13-26-18;/h3-6,9-10H,7-8,11-13H2,1-2H3,(H2,22,23,24);1H. The van der Waals surface area contributed by atoms with E-state index in [4.69, 9.17) is 14.2 Å². The molecule has 0 aromatic heterocycles. The highest BCUT2D eigenvalue weighted by molar-refractivity contribution is 14.0. The molecule has 6 nitrogen and oxygen atoms in total. The number of aliphatic imine (C=N–C) groups is 1. The molecule has 2 aromatic rings. The molecule has 0 radical (unpaired) electrons. The minimum Gasteiger partial charge on any atom is -0.454 e. The van der Waals surface area contributed by atoms with E-state index in [1.807, 2.05) is 18.2 Å². The van der Waals surface area contributed by atoms with Gasteiger partial charge in [-0.05, 0) is 41.8 Å². The first-order valence-electron chi connectivity index (χ1n) is 8.79. The van der Waals surface area contributed by atoms with Gasteiger partial charge in [-0.15, -0.1) is 24.0 Å².